The van der Waals surface area contributed by atoms with Crippen molar-refractivity contribution in [3.63, 3.8) is 0 Å². The topological polar surface area (TPSA) is 114 Å². The van der Waals surface area contributed by atoms with Crippen molar-refractivity contribution < 1.29 is 36.6 Å². The van der Waals surface area contributed by atoms with E-state index in [2.05, 4.69) is 5.32 Å². The van der Waals surface area contributed by atoms with Crippen LogP contribution in [-0.2, 0) is 26.2 Å². The number of amides is 2. The minimum atomic E-state index is -4.36. The average Bonchev–Trinajstić information content (AvgIpc) is 3.01. The van der Waals surface area contributed by atoms with E-state index < -0.39 is 34.3 Å². The smallest absolute Gasteiger partial charge is 0.264 e. The molecule has 0 aliphatic carbocycles. The zero-order valence-corrected chi connectivity index (χ0v) is 24.5. The second kappa shape index (κ2) is 13.6. The standard InChI is InChI=1S/C30H34FN3O7S/c1-4-15-32-30(36)21(2)33(19-22-5-11-25(39-3)12-6-22)29(35)20-34(24-9-7-23(31)8-10-24)42(37,38)26-13-14-27-28(18-26)41-17-16-40-27/h5-14,18,21H,4,15-17,19-20H2,1-3H3,(H,32,36)/t21-/m0/s1. The van der Waals surface area contributed by atoms with E-state index in [1.54, 1.807) is 31.2 Å². The first-order valence-electron chi connectivity index (χ1n) is 13.5. The number of methoxy groups -OCH3 is 1. The number of ether oxygens (including phenoxy) is 3. The zero-order chi connectivity index (χ0) is 30.3. The number of benzene rings is 3. The lowest BCUT2D eigenvalue weighted by atomic mass is 10.1. The Morgan fingerprint density at radius 3 is 2.31 bits per heavy atom. The Labute approximate surface area is 245 Å². The maximum Gasteiger partial charge on any atom is 0.264 e. The summed E-state index contributed by atoms with van der Waals surface area (Å²) >= 11 is 0. The Morgan fingerprint density at radius 2 is 1.67 bits per heavy atom. The number of fused-ring (bicyclic) bond motifs is 1. The summed E-state index contributed by atoms with van der Waals surface area (Å²) in [7, 11) is -2.82. The Kier molecular flexibility index (Phi) is 9.89. The van der Waals surface area contributed by atoms with Crippen molar-refractivity contribution in [2.45, 2.75) is 37.8 Å². The quantitative estimate of drug-likeness (QED) is 0.337. The highest BCUT2D eigenvalue weighted by atomic mass is 32.2. The van der Waals surface area contributed by atoms with Gasteiger partial charge in [0.2, 0.25) is 11.8 Å². The Morgan fingerprint density at radius 1 is 1.00 bits per heavy atom. The molecule has 4 rings (SSSR count). The normalized spacial score (nSPS) is 13.1. The number of nitrogens with zero attached hydrogens (tertiary/aromatic N) is 2. The van der Waals surface area contributed by atoms with Crippen LogP contribution < -0.4 is 23.8 Å². The number of sulfonamides is 1. The van der Waals surface area contributed by atoms with Gasteiger partial charge < -0.3 is 24.4 Å². The highest BCUT2D eigenvalue weighted by Crippen LogP contribution is 2.34. The summed E-state index contributed by atoms with van der Waals surface area (Å²) in [5.74, 6) is -0.281. The molecule has 12 heteroatoms. The van der Waals surface area contributed by atoms with E-state index in [1.165, 1.54) is 42.3 Å². The summed E-state index contributed by atoms with van der Waals surface area (Å²) in [5.41, 5.74) is 0.787. The van der Waals surface area contributed by atoms with Crippen molar-refractivity contribution >= 4 is 27.5 Å². The third-order valence-electron chi connectivity index (χ3n) is 6.72. The first kappa shape index (κ1) is 30.6. The van der Waals surface area contributed by atoms with Crippen LogP contribution in [0.15, 0.2) is 71.6 Å². The molecule has 3 aromatic carbocycles. The first-order chi connectivity index (χ1) is 20.1. The summed E-state index contributed by atoms with van der Waals surface area (Å²) in [6, 6.07) is 15.0. The van der Waals surface area contributed by atoms with Crippen molar-refractivity contribution in [1.29, 1.82) is 0 Å². The molecule has 3 aromatic rings. The van der Waals surface area contributed by atoms with Gasteiger partial charge in [0, 0.05) is 19.2 Å². The van der Waals surface area contributed by atoms with Gasteiger partial charge in [-0.3, -0.25) is 13.9 Å². The Balaban J connectivity index is 1.70. The fourth-order valence-corrected chi connectivity index (χ4v) is 5.78. The van der Waals surface area contributed by atoms with Crippen molar-refractivity contribution in [3.05, 3.63) is 78.1 Å². The van der Waals surface area contributed by atoms with Crippen LogP contribution >= 0.6 is 0 Å². The lowest BCUT2D eigenvalue weighted by molar-refractivity contribution is -0.139. The maximum absolute atomic E-state index is 14.0. The molecule has 0 aromatic heterocycles. The van der Waals surface area contributed by atoms with Gasteiger partial charge in [0.1, 0.15) is 37.4 Å². The molecule has 0 fully saturated rings. The molecule has 0 spiro atoms. The van der Waals surface area contributed by atoms with Gasteiger partial charge in [0.15, 0.2) is 11.5 Å². The van der Waals surface area contributed by atoms with Gasteiger partial charge in [0.25, 0.3) is 10.0 Å². The summed E-state index contributed by atoms with van der Waals surface area (Å²) < 4.78 is 59.0. The number of hydrogen-bond donors (Lipinski definition) is 1. The number of rotatable bonds is 12. The average molecular weight is 600 g/mol. The molecular weight excluding hydrogens is 565 g/mol. The second-order valence-corrected chi connectivity index (χ2v) is 11.5. The van der Waals surface area contributed by atoms with E-state index in [9.17, 15) is 22.4 Å². The lowest BCUT2D eigenvalue weighted by Crippen LogP contribution is -2.51. The molecule has 1 aliphatic rings. The number of carbonyl (C=O) groups excluding carboxylic acids is 2. The van der Waals surface area contributed by atoms with Crippen molar-refractivity contribution in [2.75, 3.05) is 37.7 Å². The van der Waals surface area contributed by atoms with E-state index in [-0.39, 0.29) is 35.4 Å². The number of hydrogen-bond acceptors (Lipinski definition) is 7. The summed E-state index contributed by atoms with van der Waals surface area (Å²) in [6.45, 7) is 3.90. The second-order valence-electron chi connectivity index (χ2n) is 9.63. The lowest BCUT2D eigenvalue weighted by Gasteiger charge is -2.32. The predicted octanol–water partition coefficient (Wildman–Crippen LogP) is 3.74. The van der Waals surface area contributed by atoms with Crippen LogP contribution in [0.4, 0.5) is 10.1 Å². The molecule has 1 N–H and O–H groups in total. The number of carbonyl (C=O) groups is 2. The predicted molar refractivity (Wildman–Crippen MR) is 155 cm³/mol. The molecule has 1 aliphatic heterocycles. The Hall–Kier alpha value is -4.32. The molecule has 1 heterocycles. The minimum Gasteiger partial charge on any atom is -0.497 e. The van der Waals surface area contributed by atoms with Crippen LogP contribution in [0.1, 0.15) is 25.8 Å². The van der Waals surface area contributed by atoms with Gasteiger partial charge >= 0.3 is 0 Å². The van der Waals surface area contributed by atoms with Gasteiger partial charge in [-0.1, -0.05) is 19.1 Å². The molecule has 0 saturated heterocycles. The SMILES string of the molecule is CCCNC(=O)[C@H](C)N(Cc1ccc(OC)cc1)C(=O)CN(c1ccc(F)cc1)S(=O)(=O)c1ccc2c(c1)OCCO2. The fourth-order valence-electron chi connectivity index (χ4n) is 4.35. The molecule has 0 unspecified atom stereocenters. The van der Waals surface area contributed by atoms with Gasteiger partial charge in [-0.05, 0) is 67.4 Å². The van der Waals surface area contributed by atoms with E-state index in [0.29, 0.717) is 36.6 Å². The molecule has 0 radical (unpaired) electrons. The largest absolute Gasteiger partial charge is 0.497 e. The molecule has 0 bridgehead atoms. The molecule has 1 atom stereocenters. The van der Waals surface area contributed by atoms with Crippen LogP contribution in [0.25, 0.3) is 0 Å². The van der Waals surface area contributed by atoms with Crippen molar-refractivity contribution in [1.82, 2.24) is 10.2 Å². The Bertz CT molecular complexity index is 1500. The summed E-state index contributed by atoms with van der Waals surface area (Å²) in [5, 5.41) is 2.80. The van der Waals surface area contributed by atoms with E-state index >= 15 is 0 Å². The molecule has 42 heavy (non-hydrogen) atoms. The zero-order valence-electron chi connectivity index (χ0n) is 23.7. The highest BCUT2D eigenvalue weighted by Gasteiger charge is 2.33. The van der Waals surface area contributed by atoms with E-state index in [4.69, 9.17) is 14.2 Å². The summed E-state index contributed by atoms with van der Waals surface area (Å²) in [6.07, 6.45) is 0.705. The van der Waals surface area contributed by atoms with Crippen molar-refractivity contribution in [2.24, 2.45) is 0 Å². The third-order valence-corrected chi connectivity index (χ3v) is 8.49. The van der Waals surface area contributed by atoms with Crippen molar-refractivity contribution in [3.8, 4) is 17.2 Å². The van der Waals surface area contributed by atoms with Crippen LogP contribution in [0, 0.1) is 5.82 Å². The van der Waals surface area contributed by atoms with Gasteiger partial charge in [-0.15, -0.1) is 0 Å². The van der Waals surface area contributed by atoms with Crippen LogP contribution in [0.5, 0.6) is 17.2 Å². The maximum atomic E-state index is 14.0. The number of halogens is 1. The van der Waals surface area contributed by atoms with E-state index in [0.717, 1.165) is 16.4 Å². The minimum absolute atomic E-state index is 0.0326. The number of nitrogens with one attached hydrogen (secondary N) is 1. The van der Waals surface area contributed by atoms with Crippen LogP contribution in [-0.4, -0.2) is 64.6 Å². The van der Waals surface area contributed by atoms with Gasteiger partial charge in [0.05, 0.1) is 17.7 Å². The monoisotopic (exact) mass is 599 g/mol. The highest BCUT2D eigenvalue weighted by molar-refractivity contribution is 7.92. The van der Waals surface area contributed by atoms with Gasteiger partial charge in [-0.2, -0.15) is 0 Å². The number of anilines is 1. The summed E-state index contributed by atoms with van der Waals surface area (Å²) in [4.78, 5) is 28.1. The molecule has 10 nitrogen and oxygen atoms in total. The van der Waals surface area contributed by atoms with Crippen LogP contribution in [0.3, 0.4) is 0 Å². The molecular formula is C30H34FN3O7S. The molecule has 2 amide bonds. The molecule has 0 saturated carbocycles. The first-order valence-corrected chi connectivity index (χ1v) is 15.0. The van der Waals surface area contributed by atoms with Crippen LogP contribution in [0.2, 0.25) is 0 Å². The third kappa shape index (κ3) is 7.11. The fraction of sp³-hybridized carbons (Fsp3) is 0.333. The van der Waals surface area contributed by atoms with E-state index in [1.807, 2.05) is 6.92 Å². The van der Waals surface area contributed by atoms with Gasteiger partial charge in [-0.25, -0.2) is 12.8 Å². The molecule has 224 valence electrons.